The van der Waals surface area contributed by atoms with E-state index in [0.29, 0.717) is 5.41 Å². The van der Waals surface area contributed by atoms with Crippen LogP contribution in [0.4, 0.5) is 0 Å². The highest BCUT2D eigenvalue weighted by Gasteiger charge is 2.31. The van der Waals surface area contributed by atoms with Crippen molar-refractivity contribution in [2.45, 2.75) is 59.8 Å². The zero-order chi connectivity index (χ0) is 11.0. The van der Waals surface area contributed by atoms with Crippen LogP contribution in [0.5, 0.6) is 0 Å². The van der Waals surface area contributed by atoms with Crippen molar-refractivity contribution in [3.8, 4) is 0 Å². The molecular formula is C13H29N. The summed E-state index contributed by atoms with van der Waals surface area (Å²) in [6.45, 7) is 10.5. The van der Waals surface area contributed by atoms with Gasteiger partial charge in [0.25, 0.3) is 0 Å². The lowest BCUT2D eigenvalue weighted by Gasteiger charge is -2.38. The molecule has 0 aliphatic heterocycles. The maximum atomic E-state index is 3.38. The van der Waals surface area contributed by atoms with Gasteiger partial charge in [-0.15, -0.1) is 0 Å². The van der Waals surface area contributed by atoms with Gasteiger partial charge in [-0.05, 0) is 31.2 Å². The number of hydrogen-bond acceptors (Lipinski definition) is 1. The monoisotopic (exact) mass is 199 g/mol. The van der Waals surface area contributed by atoms with Crippen LogP contribution < -0.4 is 5.32 Å². The van der Waals surface area contributed by atoms with Crippen LogP contribution in [0, 0.1) is 11.3 Å². The first-order valence-corrected chi connectivity index (χ1v) is 6.31. The van der Waals surface area contributed by atoms with Crippen molar-refractivity contribution < 1.29 is 0 Å². The Kier molecular flexibility index (Phi) is 7.26. The van der Waals surface area contributed by atoms with Gasteiger partial charge in [0.15, 0.2) is 0 Å². The molecule has 0 heterocycles. The fourth-order valence-electron chi connectivity index (χ4n) is 2.47. The second-order valence-electron chi connectivity index (χ2n) is 4.66. The Morgan fingerprint density at radius 1 is 1.21 bits per heavy atom. The predicted octanol–water partition coefficient (Wildman–Crippen LogP) is 3.84. The van der Waals surface area contributed by atoms with Gasteiger partial charge < -0.3 is 5.32 Å². The van der Waals surface area contributed by atoms with Crippen molar-refractivity contribution in [2.24, 2.45) is 11.3 Å². The van der Waals surface area contributed by atoms with E-state index in [1.165, 1.54) is 38.6 Å². The molecule has 0 radical (unpaired) electrons. The maximum absolute atomic E-state index is 3.38. The Morgan fingerprint density at radius 3 is 2.21 bits per heavy atom. The molecular weight excluding hydrogens is 170 g/mol. The quantitative estimate of drug-likeness (QED) is 0.626. The summed E-state index contributed by atoms with van der Waals surface area (Å²) in [6.07, 6.45) is 6.69. The molecule has 0 amide bonds. The minimum absolute atomic E-state index is 0.541. The summed E-state index contributed by atoms with van der Waals surface area (Å²) in [7, 11) is 2.08. The molecule has 0 aliphatic carbocycles. The Bertz CT molecular complexity index is 133. The fraction of sp³-hybridized carbons (Fsp3) is 1.00. The van der Waals surface area contributed by atoms with E-state index in [9.17, 15) is 0 Å². The van der Waals surface area contributed by atoms with Gasteiger partial charge in [-0.1, -0.05) is 47.0 Å². The largest absolute Gasteiger partial charge is 0.319 e. The van der Waals surface area contributed by atoms with Gasteiger partial charge in [0, 0.05) is 6.54 Å². The summed E-state index contributed by atoms with van der Waals surface area (Å²) in [5, 5.41) is 3.38. The third kappa shape index (κ3) is 3.61. The first-order valence-electron chi connectivity index (χ1n) is 6.31. The van der Waals surface area contributed by atoms with Gasteiger partial charge >= 0.3 is 0 Å². The van der Waals surface area contributed by atoms with Crippen molar-refractivity contribution in [1.29, 1.82) is 0 Å². The van der Waals surface area contributed by atoms with Crippen molar-refractivity contribution in [3.63, 3.8) is 0 Å². The van der Waals surface area contributed by atoms with E-state index < -0.39 is 0 Å². The van der Waals surface area contributed by atoms with E-state index in [4.69, 9.17) is 0 Å². The summed E-state index contributed by atoms with van der Waals surface area (Å²) in [5.41, 5.74) is 0.541. The highest BCUT2D eigenvalue weighted by molar-refractivity contribution is 4.84. The second-order valence-corrected chi connectivity index (χ2v) is 4.66. The molecule has 0 aromatic heterocycles. The van der Waals surface area contributed by atoms with Gasteiger partial charge in [0.05, 0.1) is 0 Å². The molecule has 0 saturated heterocycles. The Morgan fingerprint density at radius 2 is 1.86 bits per heavy atom. The molecule has 1 nitrogen and oxygen atoms in total. The summed E-state index contributed by atoms with van der Waals surface area (Å²) >= 11 is 0. The van der Waals surface area contributed by atoms with E-state index >= 15 is 0 Å². The smallest absolute Gasteiger partial charge is 0.000725 e. The van der Waals surface area contributed by atoms with E-state index in [1.54, 1.807) is 0 Å². The summed E-state index contributed by atoms with van der Waals surface area (Å²) < 4.78 is 0. The van der Waals surface area contributed by atoms with Crippen LogP contribution in [0.3, 0.4) is 0 Å². The van der Waals surface area contributed by atoms with Gasteiger partial charge in [0.2, 0.25) is 0 Å². The normalized spacial score (nSPS) is 17.8. The minimum atomic E-state index is 0.541. The first kappa shape index (κ1) is 14.0. The van der Waals surface area contributed by atoms with Crippen LogP contribution in [0.15, 0.2) is 0 Å². The van der Waals surface area contributed by atoms with E-state index in [1.807, 2.05) is 0 Å². The average molecular weight is 199 g/mol. The zero-order valence-electron chi connectivity index (χ0n) is 10.8. The third-order valence-corrected chi connectivity index (χ3v) is 3.92. The third-order valence-electron chi connectivity index (χ3n) is 3.92. The predicted molar refractivity (Wildman–Crippen MR) is 65.6 cm³/mol. The summed E-state index contributed by atoms with van der Waals surface area (Å²) in [4.78, 5) is 0. The van der Waals surface area contributed by atoms with Crippen LogP contribution in [0.2, 0.25) is 0 Å². The number of hydrogen-bond donors (Lipinski definition) is 1. The van der Waals surface area contributed by atoms with Gasteiger partial charge in [-0.2, -0.15) is 0 Å². The van der Waals surface area contributed by atoms with Crippen molar-refractivity contribution >= 4 is 0 Å². The maximum Gasteiger partial charge on any atom is 0.000725 e. The molecule has 0 saturated carbocycles. The molecule has 0 rings (SSSR count). The Labute approximate surface area is 90.7 Å². The molecule has 2 atom stereocenters. The molecule has 14 heavy (non-hydrogen) atoms. The first-order chi connectivity index (χ1) is 6.66. The lowest BCUT2D eigenvalue weighted by atomic mass is 9.69. The van der Waals surface area contributed by atoms with E-state index in [2.05, 4.69) is 40.1 Å². The van der Waals surface area contributed by atoms with Gasteiger partial charge in [-0.3, -0.25) is 0 Å². The second kappa shape index (κ2) is 7.28. The van der Waals surface area contributed by atoms with Crippen molar-refractivity contribution in [2.75, 3.05) is 13.6 Å². The summed E-state index contributed by atoms with van der Waals surface area (Å²) in [5.74, 6) is 0.839. The summed E-state index contributed by atoms with van der Waals surface area (Å²) in [6, 6.07) is 0. The Hall–Kier alpha value is -0.0400. The van der Waals surface area contributed by atoms with Crippen LogP contribution in [0.25, 0.3) is 0 Å². The Balaban J connectivity index is 4.41. The number of rotatable bonds is 8. The molecule has 86 valence electrons. The zero-order valence-corrected chi connectivity index (χ0v) is 10.8. The lowest BCUT2D eigenvalue weighted by Crippen LogP contribution is -2.37. The van der Waals surface area contributed by atoms with Crippen LogP contribution in [0.1, 0.15) is 59.8 Å². The van der Waals surface area contributed by atoms with Gasteiger partial charge in [-0.25, -0.2) is 0 Å². The minimum Gasteiger partial charge on any atom is -0.319 e. The van der Waals surface area contributed by atoms with Crippen LogP contribution >= 0.6 is 0 Å². The van der Waals surface area contributed by atoms with E-state index in [0.717, 1.165) is 5.92 Å². The molecule has 1 N–H and O–H groups in total. The number of nitrogens with one attached hydrogen (secondary N) is 1. The van der Waals surface area contributed by atoms with Crippen molar-refractivity contribution in [1.82, 2.24) is 5.32 Å². The molecule has 1 heteroatoms. The average Bonchev–Trinajstić information content (AvgIpc) is 2.23. The molecule has 0 spiro atoms. The van der Waals surface area contributed by atoms with Crippen LogP contribution in [-0.4, -0.2) is 13.6 Å². The highest BCUT2D eigenvalue weighted by Crippen LogP contribution is 2.38. The fourth-order valence-corrected chi connectivity index (χ4v) is 2.47. The van der Waals surface area contributed by atoms with Crippen LogP contribution in [-0.2, 0) is 0 Å². The lowest BCUT2D eigenvalue weighted by molar-refractivity contribution is 0.139. The van der Waals surface area contributed by atoms with E-state index in [-0.39, 0.29) is 0 Å². The SMILES string of the molecule is CCCCC(CC)(CNC)C(C)CC. The highest BCUT2D eigenvalue weighted by atomic mass is 14.8. The molecule has 0 fully saturated rings. The molecule has 0 aliphatic rings. The molecule has 0 aromatic carbocycles. The molecule has 2 unspecified atom stereocenters. The molecule has 0 aromatic rings. The standard InChI is InChI=1S/C13H29N/c1-6-9-10-13(8-3,11-14-5)12(4)7-2/h12,14H,6-11H2,1-5H3. The number of unbranched alkanes of at least 4 members (excludes halogenated alkanes) is 1. The van der Waals surface area contributed by atoms with Gasteiger partial charge in [0.1, 0.15) is 0 Å². The van der Waals surface area contributed by atoms with Crippen molar-refractivity contribution in [3.05, 3.63) is 0 Å². The topological polar surface area (TPSA) is 12.0 Å². The molecule has 0 bridgehead atoms.